The molecule has 0 radical (unpaired) electrons. The highest BCUT2D eigenvalue weighted by Crippen LogP contribution is 2.25. The number of aryl methyl sites for hydroxylation is 2. The number of carbonyl (C=O) groups is 1. The second-order valence-electron chi connectivity index (χ2n) is 4.56. The van der Waals surface area contributed by atoms with E-state index in [1.807, 2.05) is 38.1 Å². The van der Waals surface area contributed by atoms with Crippen LogP contribution in [0, 0.1) is 13.8 Å². The lowest BCUT2D eigenvalue weighted by Crippen LogP contribution is -1.99. The van der Waals surface area contributed by atoms with E-state index in [0.29, 0.717) is 12.2 Å². The molecule has 0 aliphatic heterocycles. The van der Waals surface area contributed by atoms with Crippen LogP contribution in [-0.4, -0.2) is 11.4 Å². The molecule has 3 heteroatoms. The molecule has 0 heterocycles. The Balaban J connectivity index is 2.15. The van der Waals surface area contributed by atoms with Crippen molar-refractivity contribution in [2.24, 2.45) is 0 Å². The monoisotopic (exact) mass is 256 g/mol. The van der Waals surface area contributed by atoms with Crippen molar-refractivity contribution >= 4 is 6.29 Å². The van der Waals surface area contributed by atoms with Crippen molar-refractivity contribution < 1.29 is 14.6 Å². The molecule has 2 aromatic rings. The van der Waals surface area contributed by atoms with Crippen molar-refractivity contribution in [3.63, 3.8) is 0 Å². The van der Waals surface area contributed by atoms with Crippen LogP contribution in [0.5, 0.6) is 11.5 Å². The average molecular weight is 256 g/mol. The molecule has 0 amide bonds. The van der Waals surface area contributed by atoms with E-state index in [9.17, 15) is 9.90 Å². The number of aromatic hydroxyl groups is 1. The fourth-order valence-corrected chi connectivity index (χ4v) is 2.03. The minimum Gasteiger partial charge on any atom is -0.508 e. The molecule has 0 saturated heterocycles. The van der Waals surface area contributed by atoms with E-state index in [2.05, 4.69) is 0 Å². The Bertz CT molecular complexity index is 562. The van der Waals surface area contributed by atoms with Gasteiger partial charge in [0.1, 0.15) is 24.4 Å². The van der Waals surface area contributed by atoms with Crippen molar-refractivity contribution in [1.82, 2.24) is 0 Å². The van der Waals surface area contributed by atoms with Crippen LogP contribution in [0.25, 0.3) is 0 Å². The van der Waals surface area contributed by atoms with Gasteiger partial charge in [-0.15, -0.1) is 0 Å². The number of benzene rings is 2. The molecule has 2 rings (SSSR count). The molecular formula is C16H16O3. The number of rotatable bonds is 4. The molecule has 0 saturated carbocycles. The number of ether oxygens (including phenoxy) is 1. The van der Waals surface area contributed by atoms with Gasteiger partial charge in [0.25, 0.3) is 0 Å². The molecule has 0 aromatic heterocycles. The van der Waals surface area contributed by atoms with Gasteiger partial charge in [-0.2, -0.15) is 0 Å². The van der Waals surface area contributed by atoms with Crippen molar-refractivity contribution in [3.05, 3.63) is 58.7 Å². The van der Waals surface area contributed by atoms with Gasteiger partial charge in [0, 0.05) is 5.56 Å². The summed E-state index contributed by atoms with van der Waals surface area (Å²) in [5.41, 5.74) is 3.53. The van der Waals surface area contributed by atoms with Crippen molar-refractivity contribution in [1.29, 1.82) is 0 Å². The zero-order chi connectivity index (χ0) is 13.8. The first kappa shape index (κ1) is 13.1. The lowest BCUT2D eigenvalue weighted by Gasteiger charge is -2.13. The number of hydrogen-bond acceptors (Lipinski definition) is 3. The van der Waals surface area contributed by atoms with E-state index in [4.69, 9.17) is 4.74 Å². The van der Waals surface area contributed by atoms with E-state index in [-0.39, 0.29) is 5.75 Å². The Labute approximate surface area is 112 Å². The minimum atomic E-state index is 0.242. The Morgan fingerprint density at radius 2 is 1.68 bits per heavy atom. The number of carbonyl (C=O) groups excluding carboxylic acids is 1. The van der Waals surface area contributed by atoms with Gasteiger partial charge < -0.3 is 9.84 Å². The molecule has 98 valence electrons. The highest BCUT2D eigenvalue weighted by atomic mass is 16.5. The summed E-state index contributed by atoms with van der Waals surface area (Å²) >= 11 is 0. The summed E-state index contributed by atoms with van der Waals surface area (Å²) in [5, 5.41) is 9.21. The van der Waals surface area contributed by atoms with E-state index >= 15 is 0 Å². The van der Waals surface area contributed by atoms with Gasteiger partial charge in [-0.25, -0.2) is 0 Å². The number of aldehydes is 1. The van der Waals surface area contributed by atoms with Crippen LogP contribution in [-0.2, 0) is 6.61 Å². The number of hydrogen-bond donors (Lipinski definition) is 1. The summed E-state index contributed by atoms with van der Waals surface area (Å²) in [6, 6.07) is 10.5. The van der Waals surface area contributed by atoms with Crippen molar-refractivity contribution in [2.45, 2.75) is 20.5 Å². The van der Waals surface area contributed by atoms with Gasteiger partial charge in [0.2, 0.25) is 0 Å². The van der Waals surface area contributed by atoms with E-state index in [1.54, 1.807) is 12.1 Å². The van der Waals surface area contributed by atoms with Crippen LogP contribution in [0.3, 0.4) is 0 Å². The fraction of sp³-hybridized carbons (Fsp3) is 0.188. The summed E-state index contributed by atoms with van der Waals surface area (Å²) < 4.78 is 5.80. The summed E-state index contributed by atoms with van der Waals surface area (Å²) in [5.74, 6) is 1.05. The normalized spacial score (nSPS) is 10.2. The zero-order valence-electron chi connectivity index (χ0n) is 11.0. The SMILES string of the molecule is Cc1cc(C=O)cc(C)c1OCc1ccc(O)cc1. The number of phenolic OH excluding ortho intramolecular Hbond substituents is 1. The third kappa shape index (κ3) is 3.13. The topological polar surface area (TPSA) is 46.5 Å². The molecule has 0 aliphatic carbocycles. The van der Waals surface area contributed by atoms with Crippen molar-refractivity contribution in [3.8, 4) is 11.5 Å². The van der Waals surface area contributed by atoms with Gasteiger partial charge in [-0.1, -0.05) is 12.1 Å². The van der Waals surface area contributed by atoms with Crippen LogP contribution >= 0.6 is 0 Å². The molecule has 3 nitrogen and oxygen atoms in total. The van der Waals surface area contributed by atoms with Crippen LogP contribution in [0.15, 0.2) is 36.4 Å². The molecule has 1 N–H and O–H groups in total. The van der Waals surface area contributed by atoms with Gasteiger partial charge >= 0.3 is 0 Å². The predicted octanol–water partition coefficient (Wildman–Crippen LogP) is 3.40. The minimum absolute atomic E-state index is 0.242. The van der Waals surface area contributed by atoms with E-state index in [0.717, 1.165) is 28.7 Å². The van der Waals surface area contributed by atoms with Gasteiger partial charge in [0.05, 0.1) is 0 Å². The summed E-state index contributed by atoms with van der Waals surface area (Å²) in [7, 11) is 0. The largest absolute Gasteiger partial charge is 0.508 e. The maximum Gasteiger partial charge on any atom is 0.150 e. The highest BCUT2D eigenvalue weighted by molar-refractivity contribution is 5.76. The summed E-state index contributed by atoms with van der Waals surface area (Å²) in [6.07, 6.45) is 0.837. The Morgan fingerprint density at radius 3 is 2.21 bits per heavy atom. The van der Waals surface area contributed by atoms with Crippen LogP contribution in [0.4, 0.5) is 0 Å². The van der Waals surface area contributed by atoms with Gasteiger partial charge in [0.15, 0.2) is 0 Å². The molecule has 0 aliphatic rings. The van der Waals surface area contributed by atoms with Crippen LogP contribution < -0.4 is 4.74 Å². The van der Waals surface area contributed by atoms with E-state index < -0.39 is 0 Å². The van der Waals surface area contributed by atoms with Crippen LogP contribution in [0.2, 0.25) is 0 Å². The molecule has 0 atom stereocenters. The highest BCUT2D eigenvalue weighted by Gasteiger charge is 2.06. The first-order valence-corrected chi connectivity index (χ1v) is 6.07. The first-order valence-electron chi connectivity index (χ1n) is 6.07. The Morgan fingerprint density at radius 1 is 1.11 bits per heavy atom. The Kier molecular flexibility index (Phi) is 3.85. The molecule has 2 aromatic carbocycles. The smallest absolute Gasteiger partial charge is 0.150 e. The molecule has 0 bridgehead atoms. The lowest BCUT2D eigenvalue weighted by molar-refractivity contribution is 0.112. The fourth-order valence-electron chi connectivity index (χ4n) is 2.03. The first-order chi connectivity index (χ1) is 9.10. The van der Waals surface area contributed by atoms with Crippen LogP contribution in [0.1, 0.15) is 27.0 Å². The third-order valence-electron chi connectivity index (χ3n) is 2.94. The summed E-state index contributed by atoms with van der Waals surface area (Å²) in [6.45, 7) is 4.28. The molecule has 0 spiro atoms. The molecule has 0 unspecified atom stereocenters. The molecule has 19 heavy (non-hydrogen) atoms. The second kappa shape index (κ2) is 5.57. The van der Waals surface area contributed by atoms with Crippen molar-refractivity contribution in [2.75, 3.05) is 0 Å². The maximum atomic E-state index is 10.8. The zero-order valence-corrected chi connectivity index (χ0v) is 11.0. The lowest BCUT2D eigenvalue weighted by atomic mass is 10.1. The van der Waals surface area contributed by atoms with Gasteiger partial charge in [-0.3, -0.25) is 4.79 Å². The summed E-state index contributed by atoms with van der Waals surface area (Å²) in [4.78, 5) is 10.8. The predicted molar refractivity (Wildman–Crippen MR) is 73.7 cm³/mol. The quantitative estimate of drug-likeness (QED) is 0.853. The molecule has 0 fully saturated rings. The van der Waals surface area contributed by atoms with E-state index in [1.165, 1.54) is 0 Å². The standard InChI is InChI=1S/C16H16O3/c1-11-7-14(9-17)8-12(2)16(11)19-10-13-3-5-15(18)6-4-13/h3-9,18H,10H2,1-2H3. The second-order valence-corrected chi connectivity index (χ2v) is 4.56. The Hall–Kier alpha value is -2.29. The number of phenols is 1. The average Bonchev–Trinajstić information content (AvgIpc) is 2.39. The maximum absolute atomic E-state index is 10.8. The molecular weight excluding hydrogens is 240 g/mol. The third-order valence-corrected chi connectivity index (χ3v) is 2.94. The van der Waals surface area contributed by atoms with Gasteiger partial charge in [-0.05, 0) is 54.8 Å².